The monoisotopic (exact) mass is 399 g/mol. The van der Waals surface area contributed by atoms with Crippen LogP contribution in [0.2, 0.25) is 0 Å². The molecular formula is C16H15FKN5O2S. The van der Waals surface area contributed by atoms with E-state index in [1.165, 1.54) is 6.33 Å². The molecule has 0 saturated carbocycles. The van der Waals surface area contributed by atoms with Crippen molar-refractivity contribution in [2.24, 2.45) is 0 Å². The largest absolute Gasteiger partial charge is 1.00 e. The molecule has 10 heteroatoms. The first-order valence-electron chi connectivity index (χ1n) is 7.86. The number of rotatable bonds is 2. The quantitative estimate of drug-likeness (QED) is 0.533. The molecule has 4 heterocycles. The van der Waals surface area contributed by atoms with E-state index in [0.717, 1.165) is 11.8 Å². The second-order valence-corrected chi connectivity index (χ2v) is 6.83. The van der Waals surface area contributed by atoms with E-state index in [9.17, 15) is 14.0 Å². The first kappa shape index (κ1) is 19.8. The van der Waals surface area contributed by atoms with Crippen molar-refractivity contribution < 1.29 is 66.8 Å². The Morgan fingerprint density at radius 3 is 2.73 bits per heavy atom. The average molecular weight is 399 g/mol. The maximum atomic E-state index is 13.4. The number of fused-ring (bicyclic) bond motifs is 1. The summed E-state index contributed by atoms with van der Waals surface area (Å²) in [6, 6.07) is 3.53. The molecule has 2 aliphatic heterocycles. The molecule has 0 bridgehead atoms. The van der Waals surface area contributed by atoms with Gasteiger partial charge in [0.25, 0.3) is 11.1 Å². The molecule has 0 spiro atoms. The predicted molar refractivity (Wildman–Crippen MR) is 93.9 cm³/mol. The van der Waals surface area contributed by atoms with Gasteiger partial charge >= 0.3 is 51.4 Å². The molecule has 0 atom stereocenters. The fraction of sp³-hybridized carbons (Fsp3) is 0.312. The zero-order valence-electron chi connectivity index (χ0n) is 15.1. The average Bonchev–Trinajstić information content (AvgIpc) is 2.92. The minimum absolute atomic E-state index is 0. The molecule has 4 rings (SSSR count). The van der Waals surface area contributed by atoms with Crippen molar-refractivity contribution in [1.82, 2.24) is 20.3 Å². The number of pyridine rings is 1. The van der Waals surface area contributed by atoms with Crippen LogP contribution in [0.5, 0.6) is 0 Å². The Kier molecular flexibility index (Phi) is 6.41. The Labute approximate surface area is 197 Å². The summed E-state index contributed by atoms with van der Waals surface area (Å²) in [7, 11) is 0. The molecule has 2 saturated heterocycles. The first-order valence-corrected chi connectivity index (χ1v) is 8.67. The second-order valence-electron chi connectivity index (χ2n) is 5.82. The molecular weight excluding hydrogens is 384 g/mol. The van der Waals surface area contributed by atoms with Gasteiger partial charge in [0.2, 0.25) is 0 Å². The summed E-state index contributed by atoms with van der Waals surface area (Å²) in [6.07, 6.45) is 3.20. The number of alkyl halides is 1. The van der Waals surface area contributed by atoms with E-state index in [1.807, 2.05) is 4.90 Å². The minimum Gasteiger partial charge on any atom is -1.00 e. The zero-order valence-corrected chi connectivity index (χ0v) is 18.0. The van der Waals surface area contributed by atoms with Gasteiger partial charge in [0.05, 0.1) is 16.1 Å². The molecule has 0 unspecified atom stereocenters. The molecule has 2 aliphatic rings. The number of anilines is 1. The van der Waals surface area contributed by atoms with Crippen LogP contribution in [-0.2, 0) is 4.79 Å². The number of amides is 2. The SMILES string of the molecule is O=C1NC(=O)C(=Cc2ccc3ncnc(N4CCC(F)CC4)c3n2)S1.[H-].[K+]. The van der Waals surface area contributed by atoms with Crippen molar-refractivity contribution >= 4 is 45.8 Å². The van der Waals surface area contributed by atoms with Gasteiger partial charge in [-0.3, -0.25) is 14.9 Å². The maximum Gasteiger partial charge on any atom is 1.00 e. The number of carbonyl (C=O) groups excluding carboxylic acids is 2. The Hall–Kier alpha value is -0.914. The second kappa shape index (κ2) is 8.40. The fourth-order valence-electron chi connectivity index (χ4n) is 2.87. The number of nitrogens with zero attached hydrogens (tertiary/aromatic N) is 4. The van der Waals surface area contributed by atoms with Crippen LogP contribution in [-0.4, -0.2) is 45.4 Å². The van der Waals surface area contributed by atoms with E-state index in [-0.39, 0.29) is 52.8 Å². The summed E-state index contributed by atoms with van der Waals surface area (Å²) < 4.78 is 13.4. The van der Waals surface area contributed by atoms with Crippen LogP contribution < -0.4 is 61.6 Å². The first-order chi connectivity index (χ1) is 12.1. The Morgan fingerprint density at radius 1 is 1.27 bits per heavy atom. The normalized spacial score (nSPS) is 19.7. The zero-order chi connectivity index (χ0) is 17.4. The van der Waals surface area contributed by atoms with E-state index < -0.39 is 17.3 Å². The standard InChI is InChI=1S/C16H14FN5O2S.K.H/c17-9-3-5-22(6-4-9)14-13-11(18-8-19-14)2-1-10(20-13)7-12-15(23)21-16(24)25-12;;/h1-2,7-9H,3-6H2,(H,21,23,24);;/q;+1;-1. The van der Waals surface area contributed by atoms with Crippen molar-refractivity contribution in [3.05, 3.63) is 29.1 Å². The molecule has 0 aliphatic carbocycles. The van der Waals surface area contributed by atoms with Gasteiger partial charge in [-0.25, -0.2) is 19.3 Å². The Balaban J connectivity index is 0.00000131. The van der Waals surface area contributed by atoms with Gasteiger partial charge in [0.15, 0.2) is 5.82 Å². The number of halogens is 1. The molecule has 2 aromatic heterocycles. The van der Waals surface area contributed by atoms with Crippen LogP contribution in [0.25, 0.3) is 17.1 Å². The Bertz CT molecular complexity index is 908. The topological polar surface area (TPSA) is 88.1 Å². The molecule has 2 aromatic rings. The van der Waals surface area contributed by atoms with E-state index in [2.05, 4.69) is 20.3 Å². The molecule has 0 radical (unpaired) electrons. The van der Waals surface area contributed by atoms with Crippen molar-refractivity contribution in [2.45, 2.75) is 19.0 Å². The van der Waals surface area contributed by atoms with E-state index in [0.29, 0.717) is 53.4 Å². The molecule has 1 N–H and O–H groups in total. The van der Waals surface area contributed by atoms with Gasteiger partial charge in [-0.1, -0.05) is 0 Å². The molecule has 2 amide bonds. The summed E-state index contributed by atoms with van der Waals surface area (Å²) in [5.74, 6) is 0.239. The summed E-state index contributed by atoms with van der Waals surface area (Å²) in [4.78, 5) is 38.3. The van der Waals surface area contributed by atoms with Crippen molar-refractivity contribution in [1.29, 1.82) is 0 Å². The molecule has 7 nitrogen and oxygen atoms in total. The van der Waals surface area contributed by atoms with E-state index >= 15 is 0 Å². The van der Waals surface area contributed by atoms with Gasteiger partial charge in [-0.15, -0.1) is 0 Å². The number of nitrogens with one attached hydrogen (secondary N) is 1. The maximum absolute atomic E-state index is 13.4. The van der Waals surface area contributed by atoms with Crippen LogP contribution in [0.15, 0.2) is 23.4 Å². The third-order valence-electron chi connectivity index (χ3n) is 4.13. The summed E-state index contributed by atoms with van der Waals surface area (Å²) in [5, 5.41) is 1.82. The van der Waals surface area contributed by atoms with E-state index in [4.69, 9.17) is 0 Å². The number of thioether (sulfide) groups is 1. The third-order valence-corrected chi connectivity index (χ3v) is 4.94. The van der Waals surface area contributed by atoms with Crippen LogP contribution in [0, 0.1) is 0 Å². The van der Waals surface area contributed by atoms with Crippen molar-refractivity contribution in [2.75, 3.05) is 18.0 Å². The fourth-order valence-corrected chi connectivity index (χ4v) is 3.54. The predicted octanol–water partition coefficient (Wildman–Crippen LogP) is -0.596. The summed E-state index contributed by atoms with van der Waals surface area (Å²) >= 11 is 0.845. The van der Waals surface area contributed by atoms with Gasteiger partial charge in [-0.05, 0) is 42.8 Å². The molecule has 130 valence electrons. The third kappa shape index (κ3) is 4.15. The molecule has 26 heavy (non-hydrogen) atoms. The van der Waals surface area contributed by atoms with Gasteiger partial charge in [0.1, 0.15) is 18.0 Å². The minimum atomic E-state index is -0.770. The number of carbonyl (C=O) groups is 2. The van der Waals surface area contributed by atoms with Gasteiger partial charge < -0.3 is 6.33 Å². The number of hydrogen-bond acceptors (Lipinski definition) is 7. The van der Waals surface area contributed by atoms with Crippen LogP contribution in [0.1, 0.15) is 20.0 Å². The van der Waals surface area contributed by atoms with Gasteiger partial charge in [0, 0.05) is 13.1 Å². The summed E-state index contributed by atoms with van der Waals surface area (Å²) in [5.41, 5.74) is 1.81. The molecule has 2 fully saturated rings. The van der Waals surface area contributed by atoms with Gasteiger partial charge in [-0.2, -0.15) is 0 Å². The number of hydrogen-bond donors (Lipinski definition) is 1. The van der Waals surface area contributed by atoms with Crippen molar-refractivity contribution in [3.8, 4) is 0 Å². The van der Waals surface area contributed by atoms with Crippen LogP contribution in [0.4, 0.5) is 15.0 Å². The van der Waals surface area contributed by atoms with Crippen LogP contribution in [0.3, 0.4) is 0 Å². The van der Waals surface area contributed by atoms with Crippen LogP contribution >= 0.6 is 11.8 Å². The Morgan fingerprint density at radius 2 is 2.04 bits per heavy atom. The summed E-state index contributed by atoms with van der Waals surface area (Å²) in [6.45, 7) is 1.15. The van der Waals surface area contributed by atoms with Crippen molar-refractivity contribution in [3.63, 3.8) is 0 Å². The number of aromatic nitrogens is 3. The molecule has 0 aromatic carbocycles. The smallest absolute Gasteiger partial charge is 1.00 e. The number of imide groups is 1. The van der Waals surface area contributed by atoms with E-state index in [1.54, 1.807) is 18.2 Å². The number of piperidine rings is 1.